The monoisotopic (exact) mass is 481 g/mol. The van der Waals surface area contributed by atoms with Crippen LogP contribution in [0.5, 0.6) is 0 Å². The highest BCUT2D eigenvalue weighted by Crippen LogP contribution is 2.35. The first kappa shape index (κ1) is 22.7. The van der Waals surface area contributed by atoms with E-state index < -0.39 is 5.97 Å². The van der Waals surface area contributed by atoms with Crippen molar-refractivity contribution in [2.75, 3.05) is 7.05 Å². The molecule has 0 bridgehead atoms. The summed E-state index contributed by atoms with van der Waals surface area (Å²) in [4.78, 5) is 30.7. The second kappa shape index (κ2) is 9.27. The van der Waals surface area contributed by atoms with E-state index in [-0.39, 0.29) is 11.5 Å². The van der Waals surface area contributed by atoms with Crippen LogP contribution in [0.3, 0.4) is 0 Å². The highest BCUT2D eigenvalue weighted by atomic mass is 32.2. The molecule has 4 aromatic rings. The van der Waals surface area contributed by atoms with E-state index in [0.29, 0.717) is 15.8 Å². The van der Waals surface area contributed by atoms with Crippen LogP contribution in [-0.4, -0.2) is 38.7 Å². The first-order valence-electron chi connectivity index (χ1n) is 11.1. The highest BCUT2D eigenvalue weighted by Gasteiger charge is 2.30. The van der Waals surface area contributed by atoms with Crippen molar-refractivity contribution in [3.63, 3.8) is 0 Å². The lowest BCUT2D eigenvalue weighted by molar-refractivity contribution is -0.121. The minimum Gasteiger partial charge on any atom is -0.478 e. The summed E-state index contributed by atoms with van der Waals surface area (Å²) in [6, 6.07) is 23.0. The van der Waals surface area contributed by atoms with Crippen LogP contribution in [0.25, 0.3) is 17.0 Å². The van der Waals surface area contributed by atoms with E-state index in [2.05, 4.69) is 59.1 Å². The van der Waals surface area contributed by atoms with Crippen LogP contribution in [0.15, 0.2) is 88.9 Å². The van der Waals surface area contributed by atoms with Gasteiger partial charge in [0, 0.05) is 36.3 Å². The third kappa shape index (κ3) is 4.63. The maximum absolute atomic E-state index is 13.0. The van der Waals surface area contributed by atoms with Crippen LogP contribution in [0.4, 0.5) is 5.69 Å². The van der Waals surface area contributed by atoms with Crippen LogP contribution in [0, 0.1) is 6.92 Å². The smallest absolute Gasteiger partial charge is 0.335 e. The Labute approximate surface area is 207 Å². The number of rotatable bonds is 5. The molecule has 1 aliphatic heterocycles. The normalized spacial score (nSPS) is 16.1. The molecule has 0 aliphatic carbocycles. The Balaban J connectivity index is 1.46. The van der Waals surface area contributed by atoms with E-state index in [0.717, 1.165) is 23.0 Å². The number of likely N-dealkylation sites (N-methyl/N-ethyl adjacent to an activating group) is 1. The number of benzene rings is 3. The lowest BCUT2D eigenvalue weighted by Crippen LogP contribution is -2.23. The van der Waals surface area contributed by atoms with Crippen molar-refractivity contribution in [3.8, 4) is 0 Å². The van der Waals surface area contributed by atoms with Gasteiger partial charge in [-0.25, -0.2) is 9.79 Å². The molecule has 1 amide bonds. The van der Waals surface area contributed by atoms with Crippen LogP contribution < -0.4 is 0 Å². The van der Waals surface area contributed by atoms with Crippen LogP contribution in [0.2, 0.25) is 0 Å². The number of aryl methyl sites for hydroxylation is 1. The summed E-state index contributed by atoms with van der Waals surface area (Å²) in [5, 5.41) is 10.7. The molecule has 0 unspecified atom stereocenters. The van der Waals surface area contributed by atoms with Crippen molar-refractivity contribution in [1.82, 2.24) is 9.47 Å². The molecule has 3 aromatic carbocycles. The van der Waals surface area contributed by atoms with Gasteiger partial charge in [0.1, 0.15) is 0 Å². The Morgan fingerprint density at radius 1 is 1.03 bits per heavy atom. The number of carbonyl (C=O) groups is 2. The first-order chi connectivity index (χ1) is 16.9. The number of para-hydroxylation sites is 1. The number of thioether (sulfide) groups is 1. The lowest BCUT2D eigenvalue weighted by Gasteiger charge is -2.07. The van der Waals surface area contributed by atoms with Crippen LogP contribution in [0.1, 0.15) is 27.0 Å². The molecule has 0 atom stereocenters. The number of aromatic carboxylic acids is 1. The van der Waals surface area contributed by atoms with Crippen LogP contribution in [-0.2, 0) is 11.3 Å². The Kier molecular flexibility index (Phi) is 6.01. The van der Waals surface area contributed by atoms with E-state index in [1.807, 2.05) is 18.2 Å². The van der Waals surface area contributed by atoms with E-state index in [1.165, 1.54) is 39.9 Å². The van der Waals surface area contributed by atoms with Gasteiger partial charge in [0.05, 0.1) is 16.2 Å². The summed E-state index contributed by atoms with van der Waals surface area (Å²) in [7, 11) is 1.70. The zero-order valence-electron chi connectivity index (χ0n) is 19.3. The molecule has 7 heteroatoms. The Morgan fingerprint density at radius 2 is 1.74 bits per heavy atom. The van der Waals surface area contributed by atoms with Gasteiger partial charge < -0.3 is 9.67 Å². The number of hydrogen-bond acceptors (Lipinski definition) is 4. The molecule has 174 valence electrons. The molecular weight excluding hydrogens is 458 g/mol. The molecule has 0 spiro atoms. The minimum absolute atomic E-state index is 0.119. The SMILES string of the molecule is Cc1ccc(Cn2cc(/C=C3\SC(=Nc4ccc(C(=O)O)cc4)N(C)C3=O)c3ccccc32)cc1. The maximum atomic E-state index is 13.0. The number of carboxylic acids is 1. The average molecular weight is 482 g/mol. The number of hydrogen-bond donors (Lipinski definition) is 1. The van der Waals surface area contributed by atoms with Crippen molar-refractivity contribution >= 4 is 51.5 Å². The van der Waals surface area contributed by atoms with Gasteiger partial charge in [-0.2, -0.15) is 0 Å². The summed E-state index contributed by atoms with van der Waals surface area (Å²) in [6.07, 6.45) is 4.01. The summed E-state index contributed by atoms with van der Waals surface area (Å²) in [5.41, 5.74) is 5.31. The fraction of sp³-hybridized carbons (Fsp3) is 0.107. The molecule has 1 aliphatic rings. The van der Waals surface area contributed by atoms with E-state index in [4.69, 9.17) is 5.11 Å². The highest BCUT2D eigenvalue weighted by molar-refractivity contribution is 8.18. The summed E-state index contributed by atoms with van der Waals surface area (Å²) in [6.45, 7) is 2.82. The van der Waals surface area contributed by atoms with E-state index >= 15 is 0 Å². The van der Waals surface area contributed by atoms with Crippen molar-refractivity contribution in [2.24, 2.45) is 4.99 Å². The zero-order valence-corrected chi connectivity index (χ0v) is 20.1. The predicted molar refractivity (Wildman–Crippen MR) is 141 cm³/mol. The standard InChI is InChI=1S/C28H23N3O3S/c1-18-7-9-19(10-8-18)16-31-17-21(23-5-3-4-6-24(23)31)15-25-26(32)30(2)28(35-25)29-22-13-11-20(12-14-22)27(33)34/h3-15,17H,16H2,1-2H3,(H,33,34)/b25-15-,29-28?. The third-order valence-corrected chi connectivity index (χ3v) is 6.98. The Bertz CT molecular complexity index is 1500. The summed E-state index contributed by atoms with van der Waals surface area (Å²) < 4.78 is 2.21. The maximum Gasteiger partial charge on any atom is 0.335 e. The summed E-state index contributed by atoms with van der Waals surface area (Å²) in [5.74, 6) is -1.11. The van der Waals surface area contributed by atoms with Crippen molar-refractivity contribution < 1.29 is 14.7 Å². The number of nitrogens with zero attached hydrogens (tertiary/aromatic N) is 3. The van der Waals surface area contributed by atoms with Gasteiger partial charge in [-0.3, -0.25) is 9.69 Å². The number of carboxylic acid groups (broad SMARTS) is 1. The van der Waals surface area contributed by atoms with Gasteiger partial charge in [0.2, 0.25) is 0 Å². The molecule has 2 heterocycles. The molecule has 6 nitrogen and oxygen atoms in total. The quantitative estimate of drug-likeness (QED) is 0.359. The van der Waals surface area contributed by atoms with Gasteiger partial charge in [-0.05, 0) is 60.7 Å². The second-order valence-electron chi connectivity index (χ2n) is 8.44. The third-order valence-electron chi connectivity index (χ3n) is 5.92. The van der Waals surface area contributed by atoms with Crippen LogP contribution >= 0.6 is 11.8 Å². The number of carbonyl (C=O) groups excluding carboxylic acids is 1. The first-order valence-corrected chi connectivity index (χ1v) is 11.9. The Hall–Kier alpha value is -4.10. The topological polar surface area (TPSA) is 74.9 Å². The number of amidine groups is 1. The predicted octanol–water partition coefficient (Wildman–Crippen LogP) is 5.93. The van der Waals surface area contributed by atoms with E-state index in [9.17, 15) is 9.59 Å². The number of aliphatic imine (C=N–C) groups is 1. The van der Waals surface area contributed by atoms with Gasteiger partial charge in [-0.1, -0.05) is 48.0 Å². The molecule has 5 rings (SSSR count). The van der Waals surface area contributed by atoms with Gasteiger partial charge >= 0.3 is 5.97 Å². The molecule has 35 heavy (non-hydrogen) atoms. The van der Waals surface area contributed by atoms with Gasteiger partial charge in [0.15, 0.2) is 5.17 Å². The fourth-order valence-corrected chi connectivity index (χ4v) is 4.97. The largest absolute Gasteiger partial charge is 0.478 e. The second-order valence-corrected chi connectivity index (χ2v) is 9.45. The zero-order chi connectivity index (χ0) is 24.5. The molecule has 0 radical (unpaired) electrons. The van der Waals surface area contributed by atoms with Crippen molar-refractivity contribution in [1.29, 1.82) is 0 Å². The molecule has 1 aromatic heterocycles. The summed E-state index contributed by atoms with van der Waals surface area (Å²) >= 11 is 1.31. The van der Waals surface area contributed by atoms with E-state index in [1.54, 1.807) is 19.2 Å². The molecule has 0 saturated carbocycles. The molecule has 1 N–H and O–H groups in total. The fourth-order valence-electron chi connectivity index (χ4n) is 3.99. The molecule has 1 saturated heterocycles. The number of aromatic nitrogens is 1. The molecule has 1 fully saturated rings. The Morgan fingerprint density at radius 3 is 2.46 bits per heavy atom. The number of amides is 1. The number of fused-ring (bicyclic) bond motifs is 1. The van der Waals surface area contributed by atoms with Crippen molar-refractivity contribution in [3.05, 3.63) is 106 Å². The lowest BCUT2D eigenvalue weighted by atomic mass is 10.1. The average Bonchev–Trinajstić information content (AvgIpc) is 3.33. The van der Waals surface area contributed by atoms with Gasteiger partial charge in [0.25, 0.3) is 5.91 Å². The molecular formula is C28H23N3O3S. The minimum atomic E-state index is -0.987. The van der Waals surface area contributed by atoms with Gasteiger partial charge in [-0.15, -0.1) is 0 Å². The van der Waals surface area contributed by atoms with Crippen molar-refractivity contribution in [2.45, 2.75) is 13.5 Å².